The van der Waals surface area contributed by atoms with E-state index in [9.17, 15) is 0 Å². The summed E-state index contributed by atoms with van der Waals surface area (Å²) in [4.78, 5) is 2.41. The predicted molar refractivity (Wildman–Crippen MR) is 72.6 cm³/mol. The first-order valence-electron chi connectivity index (χ1n) is 7.08. The number of hydrogen-bond donors (Lipinski definition) is 1. The molecule has 0 radical (unpaired) electrons. The molecule has 4 nitrogen and oxygen atoms in total. The Hall–Kier alpha value is -0.160. The van der Waals surface area contributed by atoms with E-state index in [0.29, 0.717) is 11.5 Å². The number of rotatable bonds is 3. The first-order chi connectivity index (χ1) is 8.39. The average molecular weight is 256 g/mol. The fourth-order valence-electron chi connectivity index (χ4n) is 2.54. The van der Waals surface area contributed by atoms with Gasteiger partial charge in [-0.1, -0.05) is 6.92 Å². The highest BCUT2D eigenvalue weighted by Gasteiger charge is 2.32. The van der Waals surface area contributed by atoms with Crippen LogP contribution in [0.4, 0.5) is 0 Å². The molecule has 0 aromatic heterocycles. The summed E-state index contributed by atoms with van der Waals surface area (Å²) in [5.74, 6) is -0.407. The Balaban J connectivity index is 1.72. The maximum atomic E-state index is 5.67. The van der Waals surface area contributed by atoms with E-state index in [1.165, 1.54) is 25.9 Å². The summed E-state index contributed by atoms with van der Waals surface area (Å²) in [7, 11) is 2.21. The van der Waals surface area contributed by atoms with Gasteiger partial charge < -0.3 is 19.7 Å². The summed E-state index contributed by atoms with van der Waals surface area (Å²) in [5, 5.41) is 3.62. The van der Waals surface area contributed by atoms with Crippen molar-refractivity contribution in [2.24, 2.45) is 5.41 Å². The Morgan fingerprint density at radius 1 is 1.11 bits per heavy atom. The Morgan fingerprint density at radius 2 is 1.67 bits per heavy atom. The van der Waals surface area contributed by atoms with E-state index in [-0.39, 0.29) is 0 Å². The Bertz CT molecular complexity index is 263. The molecule has 106 valence electrons. The van der Waals surface area contributed by atoms with Gasteiger partial charge in [-0.15, -0.1) is 0 Å². The van der Waals surface area contributed by atoms with Crippen molar-refractivity contribution in [3.8, 4) is 0 Å². The number of nitrogens with one attached hydrogen (secondary N) is 1. The molecule has 2 aliphatic rings. The maximum absolute atomic E-state index is 5.67. The number of ether oxygens (including phenoxy) is 2. The van der Waals surface area contributed by atoms with Crippen LogP contribution in [-0.4, -0.2) is 56.6 Å². The van der Waals surface area contributed by atoms with E-state index in [4.69, 9.17) is 9.47 Å². The van der Waals surface area contributed by atoms with Crippen molar-refractivity contribution in [1.29, 1.82) is 0 Å². The van der Waals surface area contributed by atoms with Crippen LogP contribution in [0.5, 0.6) is 0 Å². The minimum absolute atomic E-state index is 0.342. The molecule has 2 rings (SSSR count). The van der Waals surface area contributed by atoms with Crippen LogP contribution in [0.25, 0.3) is 0 Å². The highest BCUT2D eigenvalue weighted by molar-refractivity contribution is 4.85. The fraction of sp³-hybridized carbons (Fsp3) is 1.00. The fourth-order valence-corrected chi connectivity index (χ4v) is 2.54. The number of piperidine rings is 1. The summed E-state index contributed by atoms with van der Waals surface area (Å²) in [5.41, 5.74) is 0.430. The third kappa shape index (κ3) is 3.92. The molecule has 4 heteroatoms. The second-order valence-corrected chi connectivity index (χ2v) is 6.71. The van der Waals surface area contributed by atoms with Gasteiger partial charge in [0.15, 0.2) is 5.79 Å². The SMILES string of the molecule is CN1CCC(C)(CNC2COC(C)(C)OC2)CC1. The predicted octanol–water partition coefficient (Wildman–Crippen LogP) is 1.46. The molecule has 0 spiro atoms. The molecule has 0 aromatic rings. The average Bonchev–Trinajstić information content (AvgIpc) is 2.32. The van der Waals surface area contributed by atoms with Crippen molar-refractivity contribution in [2.45, 2.75) is 45.4 Å². The lowest BCUT2D eigenvalue weighted by molar-refractivity contribution is -0.253. The molecular weight excluding hydrogens is 228 g/mol. The molecule has 0 unspecified atom stereocenters. The lowest BCUT2D eigenvalue weighted by Crippen LogP contribution is -2.52. The second-order valence-electron chi connectivity index (χ2n) is 6.71. The van der Waals surface area contributed by atoms with Gasteiger partial charge in [0.05, 0.1) is 19.3 Å². The zero-order chi connectivity index (χ0) is 13.2. The van der Waals surface area contributed by atoms with E-state index in [1.807, 2.05) is 13.8 Å². The van der Waals surface area contributed by atoms with E-state index in [1.54, 1.807) is 0 Å². The monoisotopic (exact) mass is 256 g/mol. The standard InChI is InChI=1S/C14H28N2O2/c1-13(2)17-9-12(10-18-13)15-11-14(3)5-7-16(4)8-6-14/h12,15H,5-11H2,1-4H3. The van der Waals surface area contributed by atoms with Crippen LogP contribution in [0.2, 0.25) is 0 Å². The maximum Gasteiger partial charge on any atom is 0.162 e. The van der Waals surface area contributed by atoms with Gasteiger partial charge >= 0.3 is 0 Å². The Morgan fingerprint density at radius 3 is 2.22 bits per heavy atom. The molecule has 1 N–H and O–H groups in total. The molecule has 2 fully saturated rings. The summed E-state index contributed by atoms with van der Waals surface area (Å²) in [6.45, 7) is 11.3. The zero-order valence-electron chi connectivity index (χ0n) is 12.3. The summed E-state index contributed by atoms with van der Waals surface area (Å²) >= 11 is 0. The molecule has 2 saturated heterocycles. The molecule has 18 heavy (non-hydrogen) atoms. The molecule has 0 atom stereocenters. The number of nitrogens with zero attached hydrogens (tertiary/aromatic N) is 1. The lowest BCUT2D eigenvalue weighted by atomic mass is 9.80. The van der Waals surface area contributed by atoms with Crippen molar-refractivity contribution < 1.29 is 9.47 Å². The van der Waals surface area contributed by atoms with Gasteiger partial charge in [0, 0.05) is 6.54 Å². The smallest absolute Gasteiger partial charge is 0.162 e. The van der Waals surface area contributed by atoms with Crippen molar-refractivity contribution in [3.05, 3.63) is 0 Å². The molecule has 0 amide bonds. The summed E-state index contributed by atoms with van der Waals surface area (Å²) in [6, 6.07) is 0.342. The molecule has 0 saturated carbocycles. The minimum Gasteiger partial charge on any atom is -0.349 e. The van der Waals surface area contributed by atoms with Crippen LogP contribution < -0.4 is 5.32 Å². The normalized spacial score (nSPS) is 29.3. The molecular formula is C14H28N2O2. The highest BCUT2D eigenvalue weighted by atomic mass is 16.7. The van der Waals surface area contributed by atoms with Crippen LogP contribution in [0.3, 0.4) is 0 Å². The molecule has 0 bridgehead atoms. The highest BCUT2D eigenvalue weighted by Crippen LogP contribution is 2.29. The zero-order valence-corrected chi connectivity index (χ0v) is 12.3. The van der Waals surface area contributed by atoms with Crippen LogP contribution in [-0.2, 0) is 9.47 Å². The first-order valence-corrected chi connectivity index (χ1v) is 7.08. The third-order valence-electron chi connectivity index (χ3n) is 4.28. The van der Waals surface area contributed by atoms with Gasteiger partial charge in [-0.25, -0.2) is 0 Å². The van der Waals surface area contributed by atoms with Gasteiger partial charge in [-0.3, -0.25) is 0 Å². The topological polar surface area (TPSA) is 33.7 Å². The largest absolute Gasteiger partial charge is 0.349 e. The van der Waals surface area contributed by atoms with Gasteiger partial charge in [-0.05, 0) is 52.2 Å². The number of likely N-dealkylation sites (tertiary alicyclic amines) is 1. The Labute approximate surface area is 111 Å². The minimum atomic E-state index is -0.407. The number of hydrogen-bond acceptors (Lipinski definition) is 4. The van der Waals surface area contributed by atoms with Gasteiger partial charge in [0.2, 0.25) is 0 Å². The summed E-state index contributed by atoms with van der Waals surface area (Å²) < 4.78 is 11.3. The molecule has 2 aliphatic heterocycles. The van der Waals surface area contributed by atoms with Gasteiger partial charge in [-0.2, -0.15) is 0 Å². The van der Waals surface area contributed by atoms with Gasteiger partial charge in [0.25, 0.3) is 0 Å². The van der Waals surface area contributed by atoms with Gasteiger partial charge in [0.1, 0.15) is 0 Å². The quantitative estimate of drug-likeness (QED) is 0.829. The van der Waals surface area contributed by atoms with Crippen LogP contribution in [0.15, 0.2) is 0 Å². The van der Waals surface area contributed by atoms with Crippen molar-refractivity contribution in [1.82, 2.24) is 10.2 Å². The second kappa shape index (κ2) is 5.45. The van der Waals surface area contributed by atoms with Crippen molar-refractivity contribution in [2.75, 3.05) is 39.9 Å². The summed E-state index contributed by atoms with van der Waals surface area (Å²) in [6.07, 6.45) is 2.55. The first kappa shape index (κ1) is 14.3. The molecule has 2 heterocycles. The van der Waals surface area contributed by atoms with Crippen molar-refractivity contribution in [3.63, 3.8) is 0 Å². The molecule has 0 aliphatic carbocycles. The van der Waals surface area contributed by atoms with Crippen LogP contribution >= 0.6 is 0 Å². The Kier molecular flexibility index (Phi) is 4.32. The van der Waals surface area contributed by atoms with E-state index in [0.717, 1.165) is 19.8 Å². The van der Waals surface area contributed by atoms with E-state index in [2.05, 4.69) is 24.2 Å². The lowest BCUT2D eigenvalue weighted by Gasteiger charge is -2.40. The van der Waals surface area contributed by atoms with E-state index < -0.39 is 5.79 Å². The third-order valence-corrected chi connectivity index (χ3v) is 4.28. The molecule has 0 aromatic carbocycles. The van der Waals surface area contributed by atoms with Crippen LogP contribution in [0.1, 0.15) is 33.6 Å². The van der Waals surface area contributed by atoms with Crippen LogP contribution in [0, 0.1) is 5.41 Å². The van der Waals surface area contributed by atoms with E-state index >= 15 is 0 Å². The van der Waals surface area contributed by atoms with Crippen molar-refractivity contribution >= 4 is 0 Å².